The second kappa shape index (κ2) is 6.77. The molecule has 2 aromatic heterocycles. The molecule has 1 aliphatic heterocycles. The highest BCUT2D eigenvalue weighted by atomic mass is 79.9. The Hall–Kier alpha value is -2.62. The SMILES string of the molecule is Cn1cc(Br)c(C(=O)N2c3ccnn3[C@H](C(F)(F)F)C[C@@H]2c2ccccc2)n1. The van der Waals surface area contributed by atoms with Crippen LogP contribution in [0.25, 0.3) is 0 Å². The van der Waals surface area contributed by atoms with Crippen molar-refractivity contribution in [2.24, 2.45) is 7.05 Å². The lowest BCUT2D eigenvalue weighted by molar-refractivity contribution is -0.174. The predicted molar refractivity (Wildman–Crippen MR) is 98.8 cm³/mol. The maximum atomic E-state index is 13.7. The monoisotopic (exact) mass is 453 g/mol. The van der Waals surface area contributed by atoms with Crippen molar-refractivity contribution in [1.29, 1.82) is 0 Å². The van der Waals surface area contributed by atoms with Crippen LogP contribution in [-0.2, 0) is 7.05 Å². The van der Waals surface area contributed by atoms with Gasteiger partial charge in [-0.15, -0.1) is 0 Å². The lowest BCUT2D eigenvalue weighted by Gasteiger charge is -2.40. The van der Waals surface area contributed by atoms with Crippen molar-refractivity contribution in [2.75, 3.05) is 4.90 Å². The molecule has 0 saturated carbocycles. The Morgan fingerprint density at radius 2 is 1.93 bits per heavy atom. The first-order valence-corrected chi connectivity index (χ1v) is 9.24. The van der Waals surface area contributed by atoms with Gasteiger partial charge in [0, 0.05) is 25.7 Å². The molecule has 0 spiro atoms. The molecule has 1 aliphatic rings. The van der Waals surface area contributed by atoms with Gasteiger partial charge in [-0.05, 0) is 21.5 Å². The average molecular weight is 454 g/mol. The first-order valence-electron chi connectivity index (χ1n) is 8.45. The number of halogens is 4. The summed E-state index contributed by atoms with van der Waals surface area (Å²) in [7, 11) is 1.66. The van der Waals surface area contributed by atoms with Gasteiger partial charge in [0.1, 0.15) is 5.82 Å². The third-order valence-corrected chi connectivity index (χ3v) is 5.30. The Bertz CT molecular complexity index is 1010. The highest BCUT2D eigenvalue weighted by molar-refractivity contribution is 9.10. The molecule has 6 nitrogen and oxygen atoms in total. The Balaban J connectivity index is 1.87. The number of aromatic nitrogens is 4. The number of hydrogen-bond acceptors (Lipinski definition) is 3. The maximum absolute atomic E-state index is 13.7. The molecular formula is C18H15BrF3N5O. The summed E-state index contributed by atoms with van der Waals surface area (Å²) in [4.78, 5) is 14.7. The van der Waals surface area contributed by atoms with Gasteiger partial charge in [0.25, 0.3) is 5.91 Å². The quantitative estimate of drug-likeness (QED) is 0.581. The molecule has 10 heteroatoms. The fourth-order valence-corrected chi connectivity index (χ4v) is 4.06. The largest absolute Gasteiger partial charge is 0.410 e. The van der Waals surface area contributed by atoms with Crippen molar-refractivity contribution in [1.82, 2.24) is 19.6 Å². The van der Waals surface area contributed by atoms with Crippen molar-refractivity contribution in [2.45, 2.75) is 24.7 Å². The highest BCUT2D eigenvalue weighted by Crippen LogP contribution is 2.47. The number of nitrogens with zero attached hydrogens (tertiary/aromatic N) is 5. The average Bonchev–Trinajstić information content (AvgIpc) is 3.25. The van der Waals surface area contributed by atoms with Gasteiger partial charge in [-0.1, -0.05) is 30.3 Å². The van der Waals surface area contributed by atoms with Crippen molar-refractivity contribution in [3.05, 3.63) is 64.5 Å². The smallest absolute Gasteiger partial charge is 0.284 e. The molecule has 0 aliphatic carbocycles. The van der Waals surface area contributed by atoms with Crippen molar-refractivity contribution in [3.63, 3.8) is 0 Å². The summed E-state index contributed by atoms with van der Waals surface area (Å²) >= 11 is 3.30. The van der Waals surface area contributed by atoms with E-state index in [0.29, 0.717) is 10.0 Å². The Kier molecular flexibility index (Phi) is 4.53. The van der Waals surface area contributed by atoms with E-state index in [0.717, 1.165) is 4.68 Å². The highest BCUT2D eigenvalue weighted by Gasteiger charge is 2.50. The van der Waals surface area contributed by atoms with Crippen LogP contribution in [-0.4, -0.2) is 31.6 Å². The van der Waals surface area contributed by atoms with Gasteiger partial charge in [0.2, 0.25) is 0 Å². The van der Waals surface area contributed by atoms with Gasteiger partial charge < -0.3 is 0 Å². The fourth-order valence-electron chi connectivity index (χ4n) is 3.51. The van der Waals surface area contributed by atoms with Crippen LogP contribution in [0.5, 0.6) is 0 Å². The molecule has 0 unspecified atom stereocenters. The molecule has 28 heavy (non-hydrogen) atoms. The van der Waals surface area contributed by atoms with Gasteiger partial charge in [-0.25, -0.2) is 4.68 Å². The Morgan fingerprint density at radius 3 is 2.54 bits per heavy atom. The van der Waals surface area contributed by atoms with E-state index < -0.39 is 24.2 Å². The third kappa shape index (κ3) is 3.11. The molecule has 0 saturated heterocycles. The standard InChI is InChI=1S/C18H15BrF3N5O/c1-25-10-12(19)16(24-25)17(28)26-13(11-5-3-2-4-6-11)9-14(18(20,21)22)27-15(26)7-8-23-27/h2-8,10,13-14H,9H2,1H3/t13-,14+/m1/s1. The van der Waals surface area contributed by atoms with Gasteiger partial charge in [0.05, 0.1) is 16.7 Å². The van der Waals surface area contributed by atoms with Crippen LogP contribution < -0.4 is 4.90 Å². The number of aryl methyl sites for hydroxylation is 1. The summed E-state index contributed by atoms with van der Waals surface area (Å²) in [6, 6.07) is 7.49. The summed E-state index contributed by atoms with van der Waals surface area (Å²) in [6.07, 6.45) is -1.94. The first-order chi connectivity index (χ1) is 13.3. The summed E-state index contributed by atoms with van der Waals surface area (Å²) < 4.78 is 44.0. The zero-order valence-corrected chi connectivity index (χ0v) is 16.2. The van der Waals surface area contributed by atoms with Crippen LogP contribution in [0.3, 0.4) is 0 Å². The normalized spacial score (nSPS) is 19.5. The number of amides is 1. The van der Waals surface area contributed by atoms with E-state index in [4.69, 9.17) is 0 Å². The van der Waals surface area contributed by atoms with Gasteiger partial charge in [-0.3, -0.25) is 14.4 Å². The van der Waals surface area contributed by atoms with Gasteiger partial charge in [-0.2, -0.15) is 23.4 Å². The van der Waals surface area contributed by atoms with Crippen LogP contribution in [0.15, 0.2) is 53.3 Å². The minimum Gasteiger partial charge on any atom is -0.284 e. The lowest BCUT2D eigenvalue weighted by atomic mass is 9.94. The van der Waals surface area contributed by atoms with E-state index in [-0.39, 0.29) is 17.9 Å². The van der Waals surface area contributed by atoms with Crippen LogP contribution >= 0.6 is 15.9 Å². The molecule has 0 radical (unpaired) electrons. The molecule has 0 N–H and O–H groups in total. The molecule has 1 amide bonds. The van der Waals surface area contributed by atoms with Crippen molar-refractivity contribution < 1.29 is 18.0 Å². The number of alkyl halides is 3. The number of benzene rings is 1. The van der Waals surface area contributed by atoms with Gasteiger partial charge >= 0.3 is 6.18 Å². The topological polar surface area (TPSA) is 56.0 Å². The number of carbonyl (C=O) groups excluding carboxylic acids is 1. The molecule has 2 atom stereocenters. The number of fused-ring (bicyclic) bond motifs is 1. The third-order valence-electron chi connectivity index (χ3n) is 4.72. The Morgan fingerprint density at radius 1 is 1.21 bits per heavy atom. The van der Waals surface area contributed by atoms with Crippen LogP contribution in [0.1, 0.15) is 34.6 Å². The van der Waals surface area contributed by atoms with E-state index in [1.807, 2.05) is 0 Å². The summed E-state index contributed by atoms with van der Waals surface area (Å²) in [5.74, 6) is -0.409. The van der Waals surface area contributed by atoms with Crippen LogP contribution in [0.2, 0.25) is 0 Å². The summed E-state index contributed by atoms with van der Waals surface area (Å²) in [6.45, 7) is 0. The summed E-state index contributed by atoms with van der Waals surface area (Å²) in [5, 5.41) is 8.02. The molecule has 4 rings (SSSR count). The van der Waals surface area contributed by atoms with Crippen LogP contribution in [0, 0.1) is 0 Å². The zero-order chi connectivity index (χ0) is 20.1. The minimum absolute atomic E-state index is 0.0879. The van der Waals surface area contributed by atoms with Crippen LogP contribution in [0.4, 0.5) is 19.0 Å². The molecule has 3 heterocycles. The Labute approximate surface area is 166 Å². The van der Waals surface area contributed by atoms with Gasteiger partial charge in [0.15, 0.2) is 11.7 Å². The zero-order valence-electron chi connectivity index (χ0n) is 14.6. The molecular weight excluding hydrogens is 439 g/mol. The number of rotatable bonds is 2. The van der Waals surface area contributed by atoms with E-state index in [2.05, 4.69) is 26.1 Å². The summed E-state index contributed by atoms with van der Waals surface area (Å²) in [5.41, 5.74) is 0.742. The number of anilines is 1. The predicted octanol–water partition coefficient (Wildman–Crippen LogP) is 4.27. The molecule has 0 bridgehead atoms. The van der Waals surface area contributed by atoms with E-state index in [9.17, 15) is 18.0 Å². The van der Waals surface area contributed by atoms with E-state index in [1.54, 1.807) is 43.6 Å². The van der Waals surface area contributed by atoms with E-state index in [1.165, 1.54) is 21.8 Å². The lowest BCUT2D eigenvalue weighted by Crippen LogP contribution is -2.45. The molecule has 1 aromatic carbocycles. The maximum Gasteiger partial charge on any atom is 0.410 e. The molecule has 146 valence electrons. The number of carbonyl (C=O) groups is 1. The minimum atomic E-state index is -4.49. The van der Waals surface area contributed by atoms with E-state index >= 15 is 0 Å². The molecule has 0 fully saturated rings. The number of hydrogen-bond donors (Lipinski definition) is 0. The second-order valence-corrected chi connectivity index (χ2v) is 7.38. The van der Waals surface area contributed by atoms with Crippen molar-refractivity contribution in [3.8, 4) is 0 Å². The molecule has 3 aromatic rings. The van der Waals surface area contributed by atoms with Crippen molar-refractivity contribution >= 4 is 27.7 Å². The first kappa shape index (κ1) is 18.7. The second-order valence-electron chi connectivity index (χ2n) is 6.53. The fraction of sp³-hybridized carbons (Fsp3) is 0.278.